The molecule has 0 fully saturated rings. The summed E-state index contributed by atoms with van der Waals surface area (Å²) in [6.07, 6.45) is 2.83. The van der Waals surface area contributed by atoms with Gasteiger partial charge in [0.1, 0.15) is 5.76 Å². The van der Waals surface area contributed by atoms with Crippen molar-refractivity contribution in [2.24, 2.45) is 4.99 Å². The van der Waals surface area contributed by atoms with Crippen molar-refractivity contribution < 1.29 is 12.8 Å². The number of nitrogens with one attached hydrogen (secondary N) is 2. The van der Waals surface area contributed by atoms with Crippen molar-refractivity contribution in [3.8, 4) is 0 Å². The predicted molar refractivity (Wildman–Crippen MR) is 91.2 cm³/mol. The molecule has 0 atom stereocenters. The highest BCUT2D eigenvalue weighted by molar-refractivity contribution is 14.0. The van der Waals surface area contributed by atoms with Gasteiger partial charge in [-0.25, -0.2) is 8.42 Å². The molecule has 116 valence electrons. The third-order valence-corrected chi connectivity index (χ3v) is 5.07. The topological polar surface area (TPSA) is 83.7 Å². The number of furan rings is 1. The largest absolute Gasteiger partial charge is 0.467 e. The second kappa shape index (κ2) is 7.87. The van der Waals surface area contributed by atoms with E-state index >= 15 is 0 Å². The molecule has 1 rings (SSSR count). The van der Waals surface area contributed by atoms with Gasteiger partial charge in [-0.1, -0.05) is 0 Å². The summed E-state index contributed by atoms with van der Waals surface area (Å²) in [4.78, 5) is 4.03. The first-order valence-electron chi connectivity index (χ1n) is 5.93. The van der Waals surface area contributed by atoms with Crippen LogP contribution in [-0.4, -0.2) is 39.0 Å². The summed E-state index contributed by atoms with van der Waals surface area (Å²) in [6.45, 7) is 4.12. The first kappa shape index (κ1) is 19.2. The molecule has 0 aliphatic heterocycles. The van der Waals surface area contributed by atoms with Gasteiger partial charge >= 0.3 is 0 Å². The van der Waals surface area contributed by atoms with Crippen molar-refractivity contribution in [1.29, 1.82) is 0 Å². The molecule has 1 aromatic heterocycles. The Kier molecular flexibility index (Phi) is 7.56. The quantitative estimate of drug-likeness (QED) is 0.432. The van der Waals surface area contributed by atoms with Crippen LogP contribution in [0.2, 0.25) is 0 Å². The van der Waals surface area contributed by atoms with Gasteiger partial charge < -0.3 is 15.1 Å². The molecular formula is C12H22IN3O3S. The van der Waals surface area contributed by atoms with Gasteiger partial charge in [0.25, 0.3) is 0 Å². The van der Waals surface area contributed by atoms with Crippen molar-refractivity contribution in [3.63, 3.8) is 0 Å². The van der Waals surface area contributed by atoms with E-state index in [1.54, 1.807) is 33.2 Å². The maximum Gasteiger partial charge on any atom is 0.191 e. The molecule has 0 saturated carbocycles. The van der Waals surface area contributed by atoms with Gasteiger partial charge in [-0.3, -0.25) is 4.99 Å². The standard InChI is InChI=1S/C12H21N3O3S.HI/c1-12(2,19(4,16)17)9-15-11(13-3)14-8-10-6-5-7-18-10;/h5-7H,8-9H2,1-4H3,(H2,13,14,15);1H. The van der Waals surface area contributed by atoms with Crippen molar-refractivity contribution >= 4 is 39.8 Å². The van der Waals surface area contributed by atoms with E-state index in [2.05, 4.69) is 15.6 Å². The normalized spacial score (nSPS) is 12.7. The Morgan fingerprint density at radius 3 is 2.50 bits per heavy atom. The van der Waals surface area contributed by atoms with E-state index in [9.17, 15) is 8.42 Å². The summed E-state index contributed by atoms with van der Waals surface area (Å²) in [7, 11) is -1.50. The molecule has 0 bridgehead atoms. The minimum atomic E-state index is -3.13. The number of nitrogens with zero attached hydrogens (tertiary/aromatic N) is 1. The van der Waals surface area contributed by atoms with Crippen LogP contribution in [0.5, 0.6) is 0 Å². The van der Waals surface area contributed by atoms with Gasteiger partial charge in [0.2, 0.25) is 0 Å². The number of aliphatic imine (C=N–C) groups is 1. The average Bonchev–Trinajstić information content (AvgIpc) is 2.80. The van der Waals surface area contributed by atoms with Crippen molar-refractivity contribution in [2.75, 3.05) is 19.8 Å². The smallest absolute Gasteiger partial charge is 0.191 e. The maximum absolute atomic E-state index is 11.6. The van der Waals surface area contributed by atoms with E-state index in [-0.39, 0.29) is 30.5 Å². The fourth-order valence-corrected chi connectivity index (χ4v) is 1.57. The van der Waals surface area contributed by atoms with Gasteiger partial charge in [-0.05, 0) is 26.0 Å². The van der Waals surface area contributed by atoms with E-state index in [1.807, 2.05) is 6.07 Å². The Labute approximate surface area is 137 Å². The molecule has 0 aliphatic rings. The lowest BCUT2D eigenvalue weighted by atomic mass is 10.2. The Bertz CT molecular complexity index is 524. The fourth-order valence-electron chi connectivity index (χ4n) is 1.23. The number of hydrogen-bond donors (Lipinski definition) is 2. The number of rotatable bonds is 5. The van der Waals surface area contributed by atoms with Crippen LogP contribution in [0.1, 0.15) is 19.6 Å². The second-order valence-electron chi connectivity index (χ2n) is 4.89. The van der Waals surface area contributed by atoms with E-state index in [0.29, 0.717) is 12.5 Å². The molecule has 20 heavy (non-hydrogen) atoms. The summed E-state index contributed by atoms with van der Waals surface area (Å²) in [5, 5.41) is 6.04. The maximum atomic E-state index is 11.6. The summed E-state index contributed by atoms with van der Waals surface area (Å²) < 4.78 is 27.5. The molecule has 1 heterocycles. The molecule has 2 N–H and O–H groups in total. The first-order chi connectivity index (χ1) is 8.76. The number of halogens is 1. The van der Waals surface area contributed by atoms with E-state index < -0.39 is 14.6 Å². The highest BCUT2D eigenvalue weighted by Crippen LogP contribution is 2.13. The van der Waals surface area contributed by atoms with Gasteiger partial charge in [0.15, 0.2) is 15.8 Å². The van der Waals surface area contributed by atoms with Crippen LogP contribution in [-0.2, 0) is 16.4 Å². The number of hydrogen-bond acceptors (Lipinski definition) is 4. The molecule has 0 saturated heterocycles. The van der Waals surface area contributed by atoms with Crippen LogP contribution in [0, 0.1) is 0 Å². The molecule has 0 aliphatic carbocycles. The second-order valence-corrected chi connectivity index (χ2v) is 7.54. The highest BCUT2D eigenvalue weighted by Gasteiger charge is 2.30. The van der Waals surface area contributed by atoms with Crippen LogP contribution < -0.4 is 10.6 Å². The van der Waals surface area contributed by atoms with Gasteiger partial charge in [-0.2, -0.15) is 0 Å². The fraction of sp³-hybridized carbons (Fsp3) is 0.583. The molecule has 0 unspecified atom stereocenters. The highest BCUT2D eigenvalue weighted by atomic mass is 127. The molecule has 0 aromatic carbocycles. The lowest BCUT2D eigenvalue weighted by Gasteiger charge is -2.24. The van der Waals surface area contributed by atoms with Gasteiger partial charge in [0, 0.05) is 19.8 Å². The van der Waals surface area contributed by atoms with Crippen LogP contribution in [0.25, 0.3) is 0 Å². The molecule has 0 radical (unpaired) electrons. The molecule has 8 heteroatoms. The van der Waals surface area contributed by atoms with E-state index in [0.717, 1.165) is 5.76 Å². The zero-order chi connectivity index (χ0) is 14.5. The van der Waals surface area contributed by atoms with Crippen molar-refractivity contribution in [1.82, 2.24) is 10.6 Å². The third kappa shape index (κ3) is 5.70. The predicted octanol–water partition coefficient (Wildman–Crippen LogP) is 1.39. The van der Waals surface area contributed by atoms with E-state index in [1.165, 1.54) is 6.26 Å². The van der Waals surface area contributed by atoms with Crippen LogP contribution in [0.15, 0.2) is 27.8 Å². The zero-order valence-electron chi connectivity index (χ0n) is 12.1. The van der Waals surface area contributed by atoms with Gasteiger partial charge in [0.05, 0.1) is 17.6 Å². The summed E-state index contributed by atoms with van der Waals surface area (Å²) in [6, 6.07) is 3.65. The minimum absolute atomic E-state index is 0. The summed E-state index contributed by atoms with van der Waals surface area (Å²) >= 11 is 0. The Balaban J connectivity index is 0.00000361. The number of guanidine groups is 1. The molecule has 0 spiro atoms. The third-order valence-electron chi connectivity index (χ3n) is 2.92. The molecule has 1 aromatic rings. The lowest BCUT2D eigenvalue weighted by molar-refractivity contribution is 0.500. The zero-order valence-corrected chi connectivity index (χ0v) is 15.3. The van der Waals surface area contributed by atoms with E-state index in [4.69, 9.17) is 4.42 Å². The Morgan fingerprint density at radius 2 is 2.05 bits per heavy atom. The van der Waals surface area contributed by atoms with Crippen LogP contribution in [0.3, 0.4) is 0 Å². The first-order valence-corrected chi connectivity index (χ1v) is 7.82. The lowest BCUT2D eigenvalue weighted by Crippen LogP contribution is -2.47. The number of sulfone groups is 1. The van der Waals surface area contributed by atoms with Crippen LogP contribution >= 0.6 is 24.0 Å². The summed E-state index contributed by atoms with van der Waals surface area (Å²) in [5.74, 6) is 1.32. The van der Waals surface area contributed by atoms with Crippen molar-refractivity contribution in [3.05, 3.63) is 24.2 Å². The monoisotopic (exact) mass is 415 g/mol. The Morgan fingerprint density at radius 1 is 1.40 bits per heavy atom. The van der Waals surface area contributed by atoms with Crippen LogP contribution in [0.4, 0.5) is 0 Å². The SMILES string of the molecule is CN=C(NCc1ccco1)NCC(C)(C)S(C)(=O)=O.I. The molecule has 6 nitrogen and oxygen atoms in total. The van der Waals surface area contributed by atoms with Crippen molar-refractivity contribution in [2.45, 2.75) is 25.1 Å². The summed E-state index contributed by atoms with van der Waals surface area (Å²) in [5.41, 5.74) is 0. The average molecular weight is 415 g/mol. The Hall–Kier alpha value is -0.770. The molecular weight excluding hydrogens is 393 g/mol. The van der Waals surface area contributed by atoms with Gasteiger partial charge in [-0.15, -0.1) is 24.0 Å². The minimum Gasteiger partial charge on any atom is -0.467 e. The molecule has 0 amide bonds.